The number of ether oxygens (including phenoxy) is 2. The Labute approximate surface area is 110 Å². The fourth-order valence-electron chi connectivity index (χ4n) is 2.21. The van der Waals surface area contributed by atoms with Crippen molar-refractivity contribution in [3.63, 3.8) is 0 Å². The third-order valence-corrected chi connectivity index (χ3v) is 3.20. The van der Waals surface area contributed by atoms with Gasteiger partial charge in [-0.05, 0) is 12.1 Å². The van der Waals surface area contributed by atoms with Gasteiger partial charge in [0.2, 0.25) is 6.79 Å². The summed E-state index contributed by atoms with van der Waals surface area (Å²) in [6.07, 6.45) is -2.11. The third-order valence-electron chi connectivity index (χ3n) is 3.20. The van der Waals surface area contributed by atoms with Gasteiger partial charge in [0.05, 0.1) is 0 Å². The van der Waals surface area contributed by atoms with Gasteiger partial charge < -0.3 is 19.7 Å². The maximum Gasteiger partial charge on any atom is 0.230 e. The van der Waals surface area contributed by atoms with Crippen LogP contribution in [-0.2, 0) is 0 Å². The second-order valence-electron chi connectivity index (χ2n) is 4.37. The van der Waals surface area contributed by atoms with Crippen molar-refractivity contribution in [2.24, 2.45) is 0 Å². The van der Waals surface area contributed by atoms with E-state index in [0.29, 0.717) is 22.6 Å². The average molecular weight is 258 g/mol. The lowest BCUT2D eigenvalue weighted by Gasteiger charge is -2.19. The Morgan fingerprint density at radius 2 is 1.16 bits per heavy atom. The molecule has 1 aliphatic heterocycles. The highest BCUT2D eigenvalue weighted by Crippen LogP contribution is 2.38. The minimum Gasteiger partial charge on any atom is -0.457 e. The molecule has 3 rings (SSSR count). The molecule has 1 aliphatic rings. The first-order valence-corrected chi connectivity index (χ1v) is 6.07. The van der Waals surface area contributed by atoms with Crippen LogP contribution in [0.3, 0.4) is 0 Å². The third kappa shape index (κ3) is 2.16. The van der Waals surface area contributed by atoms with Crippen molar-refractivity contribution in [1.29, 1.82) is 0 Å². The van der Waals surface area contributed by atoms with Crippen LogP contribution in [0.25, 0.3) is 0 Å². The Morgan fingerprint density at radius 1 is 0.737 bits per heavy atom. The van der Waals surface area contributed by atoms with E-state index in [1.165, 1.54) is 0 Å². The fraction of sp³-hybridized carbons (Fsp3) is 0.200. The van der Waals surface area contributed by atoms with Gasteiger partial charge in [0.25, 0.3) is 0 Å². The molecule has 0 unspecified atom stereocenters. The molecule has 4 nitrogen and oxygen atoms in total. The molecular formula is C15H14O4. The van der Waals surface area contributed by atoms with Gasteiger partial charge in [-0.1, -0.05) is 36.4 Å². The molecule has 19 heavy (non-hydrogen) atoms. The summed E-state index contributed by atoms with van der Waals surface area (Å²) in [5, 5.41) is 20.6. The number of aliphatic hydroxyl groups is 2. The fourth-order valence-corrected chi connectivity index (χ4v) is 2.21. The quantitative estimate of drug-likeness (QED) is 0.760. The Hall–Kier alpha value is -2.04. The van der Waals surface area contributed by atoms with Gasteiger partial charge in [-0.3, -0.25) is 0 Å². The molecule has 2 aromatic rings. The van der Waals surface area contributed by atoms with Crippen molar-refractivity contribution in [3.05, 3.63) is 59.7 Å². The molecule has 0 saturated carbocycles. The molecule has 0 spiro atoms. The van der Waals surface area contributed by atoms with Crippen molar-refractivity contribution in [2.75, 3.05) is 6.79 Å². The number of fused-ring (bicyclic) bond motifs is 2. The molecule has 0 saturated heterocycles. The van der Waals surface area contributed by atoms with Crippen LogP contribution in [0, 0.1) is 0 Å². The molecule has 98 valence electrons. The lowest BCUT2D eigenvalue weighted by molar-refractivity contribution is 0.0161. The lowest BCUT2D eigenvalue weighted by Crippen LogP contribution is -2.10. The van der Waals surface area contributed by atoms with E-state index in [0.717, 1.165) is 0 Å². The zero-order valence-corrected chi connectivity index (χ0v) is 10.2. The van der Waals surface area contributed by atoms with Crippen molar-refractivity contribution in [3.8, 4) is 11.5 Å². The Balaban J connectivity index is 2.08. The number of hydrogen-bond donors (Lipinski definition) is 2. The summed E-state index contributed by atoms with van der Waals surface area (Å²) < 4.78 is 11.0. The number of hydrogen-bond acceptors (Lipinski definition) is 4. The predicted octanol–water partition coefficient (Wildman–Crippen LogP) is 2.18. The van der Waals surface area contributed by atoms with Crippen LogP contribution < -0.4 is 9.47 Å². The molecule has 2 atom stereocenters. The highest BCUT2D eigenvalue weighted by atomic mass is 16.7. The van der Waals surface area contributed by atoms with Crippen LogP contribution in [0.5, 0.6) is 11.5 Å². The van der Waals surface area contributed by atoms with Crippen LogP contribution >= 0.6 is 0 Å². The van der Waals surface area contributed by atoms with Crippen LogP contribution in [0.4, 0.5) is 0 Å². The van der Waals surface area contributed by atoms with Gasteiger partial charge in [0.15, 0.2) is 0 Å². The van der Waals surface area contributed by atoms with Crippen LogP contribution in [0.1, 0.15) is 23.3 Å². The molecule has 2 aromatic carbocycles. The molecule has 0 fully saturated rings. The predicted molar refractivity (Wildman–Crippen MR) is 68.9 cm³/mol. The summed E-state index contributed by atoms with van der Waals surface area (Å²) in [7, 11) is 0. The highest BCUT2D eigenvalue weighted by Gasteiger charge is 2.27. The van der Waals surface area contributed by atoms with E-state index in [1.54, 1.807) is 36.4 Å². The van der Waals surface area contributed by atoms with Gasteiger partial charge in [0, 0.05) is 11.1 Å². The van der Waals surface area contributed by atoms with Crippen molar-refractivity contribution < 1.29 is 19.7 Å². The second-order valence-corrected chi connectivity index (χ2v) is 4.37. The topological polar surface area (TPSA) is 58.9 Å². The van der Waals surface area contributed by atoms with Crippen LogP contribution in [-0.4, -0.2) is 17.0 Å². The number of aliphatic hydroxyl groups excluding tert-OH is 2. The van der Waals surface area contributed by atoms with Gasteiger partial charge in [0.1, 0.15) is 23.7 Å². The van der Waals surface area contributed by atoms with Crippen LogP contribution in [0.15, 0.2) is 48.5 Å². The first-order chi connectivity index (χ1) is 9.27. The maximum atomic E-state index is 10.3. The Kier molecular flexibility index (Phi) is 3.11. The summed E-state index contributed by atoms with van der Waals surface area (Å²) >= 11 is 0. The number of para-hydroxylation sites is 2. The summed E-state index contributed by atoms with van der Waals surface area (Å²) in [5.41, 5.74) is 1.10. The second kappa shape index (κ2) is 4.91. The first-order valence-electron chi connectivity index (χ1n) is 6.07. The average Bonchev–Trinajstić information content (AvgIpc) is 2.51. The van der Waals surface area contributed by atoms with E-state index >= 15 is 0 Å². The molecule has 1 heterocycles. The van der Waals surface area contributed by atoms with Gasteiger partial charge in [-0.15, -0.1) is 0 Å². The summed E-state index contributed by atoms with van der Waals surface area (Å²) in [6, 6.07) is 14.2. The number of rotatable bonds is 0. The zero-order valence-electron chi connectivity index (χ0n) is 10.2. The maximum absolute atomic E-state index is 10.3. The minimum atomic E-state index is -1.06. The monoisotopic (exact) mass is 258 g/mol. The van der Waals surface area contributed by atoms with Crippen molar-refractivity contribution in [1.82, 2.24) is 0 Å². The molecule has 0 aliphatic carbocycles. The molecule has 0 aromatic heterocycles. The van der Waals surface area contributed by atoms with Gasteiger partial charge in [-0.25, -0.2) is 0 Å². The minimum absolute atomic E-state index is 0.0352. The van der Waals surface area contributed by atoms with Crippen molar-refractivity contribution >= 4 is 0 Å². The summed E-state index contributed by atoms with van der Waals surface area (Å²) in [4.78, 5) is 0. The zero-order chi connectivity index (χ0) is 13.2. The van der Waals surface area contributed by atoms with E-state index in [2.05, 4.69) is 0 Å². The molecule has 0 amide bonds. The van der Waals surface area contributed by atoms with E-state index in [1.807, 2.05) is 12.1 Å². The first kappa shape index (κ1) is 12.0. The SMILES string of the molecule is O[C@@H]1c2ccccc2OCOc2ccccc2[C@H]1O. The van der Waals surface area contributed by atoms with Crippen molar-refractivity contribution in [2.45, 2.75) is 12.2 Å². The Bertz CT molecular complexity index is 530. The normalized spacial score (nSPS) is 21.8. The summed E-state index contributed by atoms with van der Waals surface area (Å²) in [5.74, 6) is 1.03. The lowest BCUT2D eigenvalue weighted by atomic mass is 9.97. The van der Waals surface area contributed by atoms with E-state index < -0.39 is 12.2 Å². The largest absolute Gasteiger partial charge is 0.457 e. The van der Waals surface area contributed by atoms with E-state index in [4.69, 9.17) is 9.47 Å². The van der Waals surface area contributed by atoms with Gasteiger partial charge in [-0.2, -0.15) is 0 Å². The molecular weight excluding hydrogens is 244 g/mol. The van der Waals surface area contributed by atoms with E-state index in [9.17, 15) is 10.2 Å². The molecule has 4 heteroatoms. The summed E-state index contributed by atoms with van der Waals surface area (Å²) in [6.45, 7) is 0.0352. The number of benzene rings is 2. The highest BCUT2D eigenvalue weighted by molar-refractivity contribution is 5.41. The van der Waals surface area contributed by atoms with Gasteiger partial charge >= 0.3 is 0 Å². The van der Waals surface area contributed by atoms with Crippen LogP contribution in [0.2, 0.25) is 0 Å². The smallest absolute Gasteiger partial charge is 0.230 e. The molecule has 2 N–H and O–H groups in total. The Morgan fingerprint density at radius 3 is 1.63 bits per heavy atom. The standard InChI is InChI=1S/C15H14O4/c16-14-10-5-1-3-7-12(10)18-9-19-13-8-4-2-6-11(13)15(14)17/h1-8,14-17H,9H2/t14-,15-/m1/s1. The van der Waals surface area contributed by atoms with E-state index in [-0.39, 0.29) is 6.79 Å². The molecule has 0 radical (unpaired) electrons. The molecule has 0 bridgehead atoms.